The van der Waals surface area contributed by atoms with E-state index in [4.69, 9.17) is 0 Å². The first-order valence-corrected chi connectivity index (χ1v) is 8.29. The smallest absolute Gasteiger partial charge is 0.252 e. The number of amides is 1. The maximum atomic E-state index is 12.1. The van der Waals surface area contributed by atoms with E-state index in [1.807, 2.05) is 12.1 Å². The third-order valence-corrected chi connectivity index (χ3v) is 4.86. The van der Waals surface area contributed by atoms with Gasteiger partial charge in [-0.2, -0.15) is 0 Å². The number of hydrogen-bond donors (Lipinski definition) is 2. The number of carbonyl (C=O) groups is 1. The molecule has 0 radical (unpaired) electrons. The highest BCUT2D eigenvalue weighted by Gasteiger charge is 2.19. The van der Waals surface area contributed by atoms with E-state index in [9.17, 15) is 4.79 Å². The van der Waals surface area contributed by atoms with Crippen LogP contribution in [0.15, 0.2) is 27.6 Å². The van der Waals surface area contributed by atoms with Gasteiger partial charge in [-0.25, -0.2) is 0 Å². The molecule has 0 unspecified atom stereocenters. The molecule has 1 saturated carbocycles. The van der Waals surface area contributed by atoms with Crippen LogP contribution >= 0.6 is 28.6 Å². The average Bonchev–Trinajstić information content (AvgIpc) is 2.95. The van der Waals surface area contributed by atoms with Crippen molar-refractivity contribution in [3.8, 4) is 0 Å². The molecule has 0 atom stereocenters. The summed E-state index contributed by atoms with van der Waals surface area (Å²) in [5.41, 5.74) is 0.640. The zero-order valence-corrected chi connectivity index (χ0v) is 14.2. The van der Waals surface area contributed by atoms with Crippen molar-refractivity contribution in [2.75, 3.05) is 20.1 Å². The van der Waals surface area contributed by atoms with E-state index in [-0.39, 0.29) is 5.91 Å². The summed E-state index contributed by atoms with van der Waals surface area (Å²) in [5, 5.41) is 2.98. The summed E-state index contributed by atoms with van der Waals surface area (Å²) in [7, 11) is 2.15. The van der Waals surface area contributed by atoms with Crippen molar-refractivity contribution in [2.45, 2.75) is 36.6 Å². The topological polar surface area (TPSA) is 32.3 Å². The van der Waals surface area contributed by atoms with Crippen molar-refractivity contribution in [1.29, 1.82) is 0 Å². The Bertz CT molecular complexity index is 475. The van der Waals surface area contributed by atoms with Gasteiger partial charge in [0.2, 0.25) is 0 Å². The molecule has 2 rings (SSSR count). The predicted octanol–water partition coefficient (Wildman–Crippen LogP) is 3.34. The second-order valence-electron chi connectivity index (χ2n) is 5.34. The molecule has 0 aromatic heterocycles. The van der Waals surface area contributed by atoms with E-state index in [0.717, 1.165) is 15.9 Å². The van der Waals surface area contributed by atoms with Gasteiger partial charge in [0, 0.05) is 28.5 Å². The van der Waals surface area contributed by atoms with Gasteiger partial charge < -0.3 is 10.2 Å². The van der Waals surface area contributed by atoms with Gasteiger partial charge in [0.1, 0.15) is 0 Å². The van der Waals surface area contributed by atoms with Crippen LogP contribution in [0.5, 0.6) is 0 Å². The third-order valence-electron chi connectivity index (χ3n) is 3.89. The van der Waals surface area contributed by atoms with E-state index in [1.54, 1.807) is 6.07 Å². The molecule has 0 heterocycles. The molecule has 3 nitrogen and oxygen atoms in total. The summed E-state index contributed by atoms with van der Waals surface area (Å²) in [5.74, 6) is -0.0485. The normalized spacial score (nSPS) is 15.8. The Morgan fingerprint density at radius 3 is 2.85 bits per heavy atom. The molecule has 20 heavy (non-hydrogen) atoms. The molecule has 1 aromatic carbocycles. The summed E-state index contributed by atoms with van der Waals surface area (Å²) >= 11 is 7.67. The van der Waals surface area contributed by atoms with Crippen LogP contribution in [0.2, 0.25) is 0 Å². The lowest BCUT2D eigenvalue weighted by Gasteiger charge is -2.23. The van der Waals surface area contributed by atoms with Crippen LogP contribution in [0.25, 0.3) is 0 Å². The molecular weight excluding hydrogens is 336 g/mol. The number of hydrogen-bond acceptors (Lipinski definition) is 3. The number of rotatable bonds is 5. The molecule has 5 heteroatoms. The van der Waals surface area contributed by atoms with Gasteiger partial charge >= 0.3 is 0 Å². The number of likely N-dealkylation sites (N-methyl/N-ethyl adjacent to an activating group) is 1. The lowest BCUT2D eigenvalue weighted by atomic mass is 10.2. The van der Waals surface area contributed by atoms with Crippen molar-refractivity contribution in [3.05, 3.63) is 28.2 Å². The summed E-state index contributed by atoms with van der Waals surface area (Å²) in [6, 6.07) is 6.18. The molecule has 1 amide bonds. The minimum Gasteiger partial charge on any atom is -0.351 e. The van der Waals surface area contributed by atoms with Gasteiger partial charge in [-0.3, -0.25) is 4.79 Å². The first kappa shape index (κ1) is 15.9. The standard InChI is InChI=1S/C15H21BrN2OS/c1-18(11-4-2-3-5-11)9-8-17-15(19)13-10-12(20)6-7-14(13)16/h6-7,10-11,20H,2-5,8-9H2,1H3,(H,17,19). The number of nitrogens with zero attached hydrogens (tertiary/aromatic N) is 1. The molecule has 0 bridgehead atoms. The Balaban J connectivity index is 1.81. The minimum absolute atomic E-state index is 0.0485. The Morgan fingerprint density at radius 2 is 2.15 bits per heavy atom. The number of halogens is 1. The van der Waals surface area contributed by atoms with Gasteiger partial charge in [-0.05, 0) is 54.0 Å². The van der Waals surface area contributed by atoms with Crippen LogP contribution < -0.4 is 5.32 Å². The lowest BCUT2D eigenvalue weighted by molar-refractivity contribution is 0.0946. The van der Waals surface area contributed by atoms with Crippen LogP contribution in [0, 0.1) is 0 Å². The minimum atomic E-state index is -0.0485. The fraction of sp³-hybridized carbons (Fsp3) is 0.533. The SMILES string of the molecule is CN(CCNC(=O)c1cc(S)ccc1Br)C1CCCC1. The molecule has 0 aliphatic heterocycles. The van der Waals surface area contributed by atoms with Crippen LogP contribution in [0.3, 0.4) is 0 Å². The number of carbonyl (C=O) groups excluding carboxylic acids is 1. The molecule has 1 aliphatic rings. The van der Waals surface area contributed by atoms with Gasteiger partial charge in [0.25, 0.3) is 5.91 Å². The predicted molar refractivity (Wildman–Crippen MR) is 88.6 cm³/mol. The molecule has 0 saturated heterocycles. The molecule has 0 spiro atoms. The van der Waals surface area contributed by atoms with Crippen molar-refractivity contribution < 1.29 is 4.79 Å². The molecular formula is C15H21BrN2OS. The Hall–Kier alpha value is -0.520. The molecule has 1 aromatic rings. The highest BCUT2D eigenvalue weighted by Crippen LogP contribution is 2.22. The summed E-state index contributed by atoms with van der Waals surface area (Å²) in [4.78, 5) is 15.3. The third kappa shape index (κ3) is 4.24. The zero-order chi connectivity index (χ0) is 14.5. The Morgan fingerprint density at radius 1 is 1.45 bits per heavy atom. The maximum Gasteiger partial charge on any atom is 0.252 e. The fourth-order valence-electron chi connectivity index (χ4n) is 2.66. The van der Waals surface area contributed by atoms with Crippen LogP contribution in [-0.4, -0.2) is 37.0 Å². The second kappa shape index (κ2) is 7.48. The second-order valence-corrected chi connectivity index (χ2v) is 6.71. The summed E-state index contributed by atoms with van der Waals surface area (Å²) < 4.78 is 0.803. The highest BCUT2D eigenvalue weighted by molar-refractivity contribution is 9.10. The van der Waals surface area contributed by atoms with Gasteiger partial charge in [0.05, 0.1) is 5.56 Å². The number of thiol groups is 1. The molecule has 1 fully saturated rings. The molecule has 1 aliphatic carbocycles. The molecule has 1 N–H and O–H groups in total. The highest BCUT2D eigenvalue weighted by atomic mass is 79.9. The lowest BCUT2D eigenvalue weighted by Crippen LogP contribution is -2.37. The van der Waals surface area contributed by atoms with E-state index in [2.05, 4.69) is 45.8 Å². The van der Waals surface area contributed by atoms with Crippen LogP contribution in [-0.2, 0) is 0 Å². The maximum absolute atomic E-state index is 12.1. The average molecular weight is 357 g/mol. The van der Waals surface area contributed by atoms with Crippen LogP contribution in [0.4, 0.5) is 0 Å². The largest absolute Gasteiger partial charge is 0.351 e. The zero-order valence-electron chi connectivity index (χ0n) is 11.7. The van der Waals surface area contributed by atoms with Crippen molar-refractivity contribution >= 4 is 34.5 Å². The van der Waals surface area contributed by atoms with E-state index in [0.29, 0.717) is 18.2 Å². The fourth-order valence-corrected chi connectivity index (χ4v) is 3.29. The summed E-state index contributed by atoms with van der Waals surface area (Å²) in [6.45, 7) is 1.57. The Labute approximate surface area is 134 Å². The van der Waals surface area contributed by atoms with Gasteiger partial charge in [0.15, 0.2) is 0 Å². The van der Waals surface area contributed by atoms with Crippen LogP contribution in [0.1, 0.15) is 36.0 Å². The quantitative estimate of drug-likeness (QED) is 0.793. The van der Waals surface area contributed by atoms with Crippen molar-refractivity contribution in [3.63, 3.8) is 0 Å². The number of benzene rings is 1. The van der Waals surface area contributed by atoms with E-state index >= 15 is 0 Å². The van der Waals surface area contributed by atoms with Crippen molar-refractivity contribution in [1.82, 2.24) is 10.2 Å². The molecule has 110 valence electrons. The van der Waals surface area contributed by atoms with Gasteiger partial charge in [-0.1, -0.05) is 12.8 Å². The monoisotopic (exact) mass is 356 g/mol. The summed E-state index contributed by atoms with van der Waals surface area (Å²) in [6.07, 6.45) is 5.25. The van der Waals surface area contributed by atoms with Gasteiger partial charge in [-0.15, -0.1) is 12.6 Å². The number of nitrogens with one attached hydrogen (secondary N) is 1. The first-order valence-electron chi connectivity index (χ1n) is 7.05. The van der Waals surface area contributed by atoms with E-state index in [1.165, 1.54) is 25.7 Å². The van der Waals surface area contributed by atoms with Crippen molar-refractivity contribution in [2.24, 2.45) is 0 Å². The van der Waals surface area contributed by atoms with E-state index < -0.39 is 0 Å². The first-order chi connectivity index (χ1) is 9.58. The Kier molecular flexibility index (Phi) is 5.93.